The highest BCUT2D eigenvalue weighted by Crippen LogP contribution is 2.37. The highest BCUT2D eigenvalue weighted by atomic mass is 19.1. The fourth-order valence-corrected chi connectivity index (χ4v) is 2.83. The quantitative estimate of drug-likeness (QED) is 0.878. The lowest BCUT2D eigenvalue weighted by atomic mass is 9.85. The predicted molar refractivity (Wildman–Crippen MR) is 72.9 cm³/mol. The molecule has 3 nitrogen and oxygen atoms in total. The molecule has 1 aromatic rings. The summed E-state index contributed by atoms with van der Waals surface area (Å²) in [5.74, 6) is -0.327. The van der Waals surface area contributed by atoms with Crippen LogP contribution in [-0.4, -0.2) is 12.5 Å². The molecule has 1 aliphatic rings. The van der Waals surface area contributed by atoms with Gasteiger partial charge in [0.05, 0.1) is 11.5 Å². The van der Waals surface area contributed by atoms with E-state index in [1.165, 1.54) is 6.07 Å². The van der Waals surface area contributed by atoms with Crippen molar-refractivity contribution in [2.24, 2.45) is 11.1 Å². The lowest BCUT2D eigenvalue weighted by molar-refractivity contribution is -0.131. The summed E-state index contributed by atoms with van der Waals surface area (Å²) < 4.78 is 13.7. The highest BCUT2D eigenvalue weighted by molar-refractivity contribution is 5.83. The van der Waals surface area contributed by atoms with Crippen LogP contribution >= 0.6 is 0 Å². The summed E-state index contributed by atoms with van der Waals surface area (Å²) in [6.45, 7) is 2.16. The minimum Gasteiger partial charge on any atom is -0.349 e. The third-order valence-electron chi connectivity index (χ3n) is 4.15. The fraction of sp³-hybridized carbons (Fsp3) is 0.533. The molecule has 0 bridgehead atoms. The van der Waals surface area contributed by atoms with Crippen molar-refractivity contribution in [1.29, 1.82) is 0 Å². The molecular weight excluding hydrogens is 243 g/mol. The molecule has 1 aliphatic carbocycles. The normalized spacial score (nSPS) is 19.1. The van der Waals surface area contributed by atoms with E-state index in [2.05, 4.69) is 5.32 Å². The fourth-order valence-electron chi connectivity index (χ4n) is 2.83. The SMILES string of the molecule is CC(NC(=O)C1(CN)CCCC1)c1ccccc1F. The zero-order valence-corrected chi connectivity index (χ0v) is 11.3. The molecule has 1 saturated carbocycles. The van der Waals surface area contributed by atoms with E-state index in [9.17, 15) is 9.18 Å². The summed E-state index contributed by atoms with van der Waals surface area (Å²) in [5, 5.41) is 2.91. The van der Waals surface area contributed by atoms with Gasteiger partial charge in [0.15, 0.2) is 0 Å². The number of halogens is 1. The molecule has 0 aliphatic heterocycles. The smallest absolute Gasteiger partial charge is 0.227 e. The van der Waals surface area contributed by atoms with Gasteiger partial charge in [0.25, 0.3) is 0 Å². The minimum absolute atomic E-state index is 0.0387. The van der Waals surface area contributed by atoms with E-state index in [1.54, 1.807) is 25.1 Å². The molecule has 104 valence electrons. The Kier molecular flexibility index (Phi) is 4.20. The van der Waals surface area contributed by atoms with Crippen LogP contribution in [0.15, 0.2) is 24.3 Å². The number of hydrogen-bond acceptors (Lipinski definition) is 2. The molecule has 0 radical (unpaired) electrons. The largest absolute Gasteiger partial charge is 0.349 e. The Hall–Kier alpha value is -1.42. The van der Waals surface area contributed by atoms with Gasteiger partial charge in [0.1, 0.15) is 5.82 Å². The molecule has 1 amide bonds. The average Bonchev–Trinajstić information content (AvgIpc) is 2.89. The number of carbonyl (C=O) groups is 1. The molecule has 1 fully saturated rings. The van der Waals surface area contributed by atoms with Gasteiger partial charge in [-0.3, -0.25) is 4.79 Å². The number of nitrogens with two attached hydrogens (primary N) is 1. The van der Waals surface area contributed by atoms with Crippen LogP contribution in [0.2, 0.25) is 0 Å². The first-order chi connectivity index (χ1) is 9.09. The van der Waals surface area contributed by atoms with Crippen LogP contribution in [0.5, 0.6) is 0 Å². The lowest BCUT2D eigenvalue weighted by Gasteiger charge is -2.28. The van der Waals surface area contributed by atoms with Gasteiger partial charge in [-0.1, -0.05) is 31.0 Å². The third-order valence-corrected chi connectivity index (χ3v) is 4.15. The van der Waals surface area contributed by atoms with Crippen LogP contribution in [0.25, 0.3) is 0 Å². The van der Waals surface area contributed by atoms with Crippen LogP contribution in [0.1, 0.15) is 44.2 Å². The van der Waals surface area contributed by atoms with E-state index in [-0.39, 0.29) is 17.8 Å². The first-order valence-corrected chi connectivity index (χ1v) is 6.84. The Morgan fingerprint density at radius 2 is 2.05 bits per heavy atom. The maximum Gasteiger partial charge on any atom is 0.227 e. The second-order valence-electron chi connectivity index (χ2n) is 5.41. The number of benzene rings is 1. The van der Waals surface area contributed by atoms with E-state index < -0.39 is 5.41 Å². The molecule has 1 atom stereocenters. The van der Waals surface area contributed by atoms with Crippen molar-refractivity contribution in [3.8, 4) is 0 Å². The zero-order valence-electron chi connectivity index (χ0n) is 11.3. The molecular formula is C15H21FN2O. The van der Waals surface area contributed by atoms with Crippen LogP contribution in [0, 0.1) is 11.2 Å². The molecule has 0 aromatic heterocycles. The molecule has 19 heavy (non-hydrogen) atoms. The molecule has 3 N–H and O–H groups in total. The zero-order chi connectivity index (χ0) is 13.9. The Labute approximate surface area is 113 Å². The first-order valence-electron chi connectivity index (χ1n) is 6.84. The van der Waals surface area contributed by atoms with E-state index in [0.717, 1.165) is 25.7 Å². The van der Waals surface area contributed by atoms with Crippen LogP contribution in [-0.2, 0) is 4.79 Å². The summed E-state index contributed by atoms with van der Waals surface area (Å²) in [6, 6.07) is 6.19. The molecule has 2 rings (SSSR count). The van der Waals surface area contributed by atoms with Crippen LogP contribution in [0.3, 0.4) is 0 Å². The Morgan fingerprint density at radius 1 is 1.42 bits per heavy atom. The van der Waals surface area contributed by atoms with Crippen LogP contribution < -0.4 is 11.1 Å². The van der Waals surface area contributed by atoms with Gasteiger partial charge in [-0.15, -0.1) is 0 Å². The summed E-state index contributed by atoms with van der Waals surface area (Å²) in [6.07, 6.45) is 3.75. The van der Waals surface area contributed by atoms with Crippen molar-refractivity contribution in [1.82, 2.24) is 5.32 Å². The van der Waals surface area contributed by atoms with Gasteiger partial charge in [-0.2, -0.15) is 0 Å². The topological polar surface area (TPSA) is 55.1 Å². The number of nitrogens with one attached hydrogen (secondary N) is 1. The number of hydrogen-bond donors (Lipinski definition) is 2. The maximum absolute atomic E-state index is 13.7. The molecule has 0 saturated heterocycles. The number of carbonyl (C=O) groups excluding carboxylic acids is 1. The second kappa shape index (κ2) is 5.70. The molecule has 0 spiro atoms. The Balaban J connectivity index is 2.08. The van der Waals surface area contributed by atoms with E-state index in [0.29, 0.717) is 12.1 Å². The summed E-state index contributed by atoms with van der Waals surface area (Å²) in [5.41, 5.74) is 5.85. The third kappa shape index (κ3) is 2.78. The summed E-state index contributed by atoms with van der Waals surface area (Å²) in [4.78, 5) is 12.4. The van der Waals surface area contributed by atoms with Gasteiger partial charge >= 0.3 is 0 Å². The Bertz CT molecular complexity index is 455. The van der Waals surface area contributed by atoms with Gasteiger partial charge in [-0.25, -0.2) is 4.39 Å². The average molecular weight is 264 g/mol. The highest BCUT2D eigenvalue weighted by Gasteiger charge is 2.40. The van der Waals surface area contributed by atoms with Crippen molar-refractivity contribution >= 4 is 5.91 Å². The molecule has 1 aromatic carbocycles. The maximum atomic E-state index is 13.7. The minimum atomic E-state index is -0.445. The van der Waals surface area contributed by atoms with Crippen molar-refractivity contribution in [2.45, 2.75) is 38.6 Å². The van der Waals surface area contributed by atoms with Crippen molar-refractivity contribution in [3.63, 3.8) is 0 Å². The lowest BCUT2D eigenvalue weighted by Crippen LogP contribution is -2.45. The van der Waals surface area contributed by atoms with E-state index >= 15 is 0 Å². The molecule has 4 heteroatoms. The van der Waals surface area contributed by atoms with Gasteiger partial charge in [0, 0.05) is 12.1 Å². The van der Waals surface area contributed by atoms with Gasteiger partial charge < -0.3 is 11.1 Å². The van der Waals surface area contributed by atoms with Gasteiger partial charge in [0.2, 0.25) is 5.91 Å². The van der Waals surface area contributed by atoms with E-state index in [4.69, 9.17) is 5.73 Å². The van der Waals surface area contributed by atoms with Crippen LogP contribution in [0.4, 0.5) is 4.39 Å². The number of amides is 1. The second-order valence-corrected chi connectivity index (χ2v) is 5.41. The monoisotopic (exact) mass is 264 g/mol. The first kappa shape index (κ1) is 14.0. The van der Waals surface area contributed by atoms with Crippen molar-refractivity contribution < 1.29 is 9.18 Å². The molecule has 0 heterocycles. The standard InChI is InChI=1S/C15H21FN2O/c1-11(12-6-2-3-7-13(12)16)18-14(19)15(10-17)8-4-5-9-15/h2-3,6-7,11H,4-5,8-10,17H2,1H3,(H,18,19). The summed E-state index contributed by atoms with van der Waals surface area (Å²) in [7, 11) is 0. The Morgan fingerprint density at radius 3 is 2.63 bits per heavy atom. The predicted octanol–water partition coefficient (Wildman–Crippen LogP) is 2.52. The van der Waals surface area contributed by atoms with Gasteiger partial charge in [-0.05, 0) is 25.8 Å². The van der Waals surface area contributed by atoms with E-state index in [1.807, 2.05) is 0 Å². The molecule has 1 unspecified atom stereocenters. The van der Waals surface area contributed by atoms with Crippen molar-refractivity contribution in [2.75, 3.05) is 6.54 Å². The number of rotatable bonds is 4. The van der Waals surface area contributed by atoms with Crippen molar-refractivity contribution in [3.05, 3.63) is 35.6 Å². The summed E-state index contributed by atoms with van der Waals surface area (Å²) >= 11 is 0.